The van der Waals surface area contributed by atoms with Gasteiger partial charge in [0.2, 0.25) is 0 Å². The molecule has 4 nitrogen and oxygen atoms in total. The second-order valence-corrected chi connectivity index (χ2v) is 5.57. The molecular weight excluding hydrogens is 274 g/mol. The fourth-order valence-corrected chi connectivity index (χ4v) is 2.69. The largest absolute Gasteiger partial charge is 0.495 e. The molecule has 0 heterocycles. The van der Waals surface area contributed by atoms with Crippen molar-refractivity contribution in [2.24, 2.45) is 0 Å². The number of hydrogen-bond acceptors (Lipinski definition) is 4. The van der Waals surface area contributed by atoms with E-state index in [0.29, 0.717) is 22.9 Å². The molecule has 1 atom stereocenters. The number of rotatable bonds is 6. The fourth-order valence-electron chi connectivity index (χ4n) is 1.75. The van der Waals surface area contributed by atoms with Crippen molar-refractivity contribution >= 4 is 16.5 Å². The van der Waals surface area contributed by atoms with Gasteiger partial charge in [-0.05, 0) is 17.7 Å². The Morgan fingerprint density at radius 2 is 1.90 bits per heavy atom. The molecule has 0 aliphatic carbocycles. The smallest absolute Gasteiger partial charge is 0.137 e. The summed E-state index contributed by atoms with van der Waals surface area (Å²) in [6.07, 6.45) is 0. The van der Waals surface area contributed by atoms with Crippen LogP contribution in [0.2, 0.25) is 0 Å². The first-order valence-electron chi connectivity index (χ1n) is 6.14. The molecule has 0 bridgehead atoms. The highest BCUT2D eigenvalue weighted by Crippen LogP contribution is 2.25. The van der Waals surface area contributed by atoms with Gasteiger partial charge in [0, 0.05) is 11.8 Å². The van der Waals surface area contributed by atoms with E-state index in [4.69, 9.17) is 15.2 Å². The van der Waals surface area contributed by atoms with Crippen molar-refractivity contribution in [3.05, 3.63) is 54.1 Å². The van der Waals surface area contributed by atoms with Gasteiger partial charge in [-0.15, -0.1) is 0 Å². The second kappa shape index (κ2) is 7.07. The minimum Gasteiger partial charge on any atom is -0.495 e. The number of hydrogen-bond donors (Lipinski definition) is 1. The predicted octanol–water partition coefficient (Wildman–Crippen LogP) is 2.56. The summed E-state index contributed by atoms with van der Waals surface area (Å²) in [4.78, 5) is 0.592. The number of anilines is 1. The van der Waals surface area contributed by atoms with E-state index >= 15 is 0 Å². The molecule has 0 amide bonds. The zero-order chi connectivity index (χ0) is 14.4. The van der Waals surface area contributed by atoms with E-state index in [2.05, 4.69) is 0 Å². The van der Waals surface area contributed by atoms with Crippen molar-refractivity contribution in [3.8, 4) is 5.75 Å². The SMILES string of the molecule is COc1cc(N)ccc1S(=O)COCc1ccccc1. The topological polar surface area (TPSA) is 61.5 Å². The molecule has 0 radical (unpaired) electrons. The molecule has 20 heavy (non-hydrogen) atoms. The van der Waals surface area contributed by atoms with Crippen molar-refractivity contribution in [3.63, 3.8) is 0 Å². The van der Waals surface area contributed by atoms with Gasteiger partial charge in [-0.1, -0.05) is 30.3 Å². The molecule has 0 aliphatic rings. The van der Waals surface area contributed by atoms with Crippen LogP contribution in [0.4, 0.5) is 5.69 Å². The molecule has 0 fully saturated rings. The molecule has 0 spiro atoms. The van der Waals surface area contributed by atoms with Crippen LogP contribution in [0.5, 0.6) is 5.75 Å². The average molecular weight is 291 g/mol. The average Bonchev–Trinajstić information content (AvgIpc) is 2.48. The molecule has 2 N–H and O–H groups in total. The van der Waals surface area contributed by atoms with Gasteiger partial charge in [0.25, 0.3) is 0 Å². The number of ether oxygens (including phenoxy) is 2. The van der Waals surface area contributed by atoms with Crippen LogP contribution in [0, 0.1) is 0 Å². The van der Waals surface area contributed by atoms with Gasteiger partial charge in [0.05, 0.1) is 29.4 Å². The molecule has 0 aliphatic heterocycles. The van der Waals surface area contributed by atoms with E-state index in [9.17, 15) is 4.21 Å². The highest BCUT2D eigenvalue weighted by molar-refractivity contribution is 7.85. The zero-order valence-electron chi connectivity index (χ0n) is 11.2. The standard InChI is InChI=1S/C15H17NO3S/c1-18-14-9-13(16)7-8-15(14)20(17)11-19-10-12-5-3-2-4-6-12/h2-9H,10-11,16H2,1H3. The van der Waals surface area contributed by atoms with Crippen LogP contribution in [0.3, 0.4) is 0 Å². The maximum Gasteiger partial charge on any atom is 0.137 e. The van der Waals surface area contributed by atoms with Crippen molar-refractivity contribution in [2.75, 3.05) is 18.8 Å². The lowest BCUT2D eigenvalue weighted by Gasteiger charge is -2.09. The van der Waals surface area contributed by atoms with Gasteiger partial charge in [-0.25, -0.2) is 0 Å². The van der Waals surface area contributed by atoms with Crippen molar-refractivity contribution in [2.45, 2.75) is 11.5 Å². The van der Waals surface area contributed by atoms with E-state index in [1.807, 2.05) is 30.3 Å². The van der Waals surface area contributed by atoms with E-state index in [-0.39, 0.29) is 5.94 Å². The van der Waals surface area contributed by atoms with Gasteiger partial charge in [0.1, 0.15) is 11.7 Å². The molecule has 0 aromatic heterocycles. The van der Waals surface area contributed by atoms with E-state index in [0.717, 1.165) is 5.56 Å². The number of nitrogens with two attached hydrogens (primary N) is 1. The highest BCUT2D eigenvalue weighted by atomic mass is 32.2. The lowest BCUT2D eigenvalue weighted by Crippen LogP contribution is -2.05. The first-order valence-corrected chi connectivity index (χ1v) is 7.46. The molecule has 2 aromatic carbocycles. The summed E-state index contributed by atoms with van der Waals surface area (Å²) in [5.41, 5.74) is 7.30. The van der Waals surface area contributed by atoms with E-state index in [1.165, 1.54) is 7.11 Å². The Morgan fingerprint density at radius 1 is 1.15 bits per heavy atom. The fraction of sp³-hybridized carbons (Fsp3) is 0.200. The summed E-state index contributed by atoms with van der Waals surface area (Å²) in [5, 5.41) is 0. The van der Waals surface area contributed by atoms with Gasteiger partial charge in [-0.3, -0.25) is 4.21 Å². The summed E-state index contributed by atoms with van der Waals surface area (Å²) in [7, 11) is 0.249. The maximum absolute atomic E-state index is 12.2. The van der Waals surface area contributed by atoms with Crippen LogP contribution in [0.15, 0.2) is 53.4 Å². The van der Waals surface area contributed by atoms with Crippen LogP contribution in [0.1, 0.15) is 5.56 Å². The van der Waals surface area contributed by atoms with Crippen LogP contribution >= 0.6 is 0 Å². The van der Waals surface area contributed by atoms with Gasteiger partial charge in [-0.2, -0.15) is 0 Å². The van der Waals surface area contributed by atoms with Gasteiger partial charge < -0.3 is 15.2 Å². The van der Waals surface area contributed by atoms with Crippen molar-refractivity contribution in [1.29, 1.82) is 0 Å². The lowest BCUT2D eigenvalue weighted by molar-refractivity contribution is 0.166. The Morgan fingerprint density at radius 3 is 2.60 bits per heavy atom. The molecule has 106 valence electrons. The monoisotopic (exact) mass is 291 g/mol. The number of methoxy groups -OCH3 is 1. The summed E-state index contributed by atoms with van der Waals surface area (Å²) in [5.74, 6) is 0.640. The number of benzene rings is 2. The summed E-state index contributed by atoms with van der Waals surface area (Å²) in [6, 6.07) is 14.8. The highest BCUT2D eigenvalue weighted by Gasteiger charge is 2.11. The minimum absolute atomic E-state index is 0.120. The minimum atomic E-state index is -1.28. The third kappa shape index (κ3) is 3.82. The third-order valence-electron chi connectivity index (χ3n) is 2.73. The zero-order valence-corrected chi connectivity index (χ0v) is 12.1. The lowest BCUT2D eigenvalue weighted by atomic mass is 10.2. The van der Waals surface area contributed by atoms with E-state index < -0.39 is 10.8 Å². The molecular formula is C15H17NO3S. The van der Waals surface area contributed by atoms with E-state index in [1.54, 1.807) is 18.2 Å². The van der Waals surface area contributed by atoms with Crippen LogP contribution < -0.4 is 10.5 Å². The van der Waals surface area contributed by atoms with Crippen LogP contribution in [0.25, 0.3) is 0 Å². The summed E-state index contributed by atoms with van der Waals surface area (Å²) in [6.45, 7) is 0.434. The predicted molar refractivity (Wildman–Crippen MR) is 79.9 cm³/mol. The quantitative estimate of drug-likeness (QED) is 0.831. The first-order chi connectivity index (χ1) is 9.70. The van der Waals surface area contributed by atoms with Gasteiger partial charge in [0.15, 0.2) is 0 Å². The van der Waals surface area contributed by atoms with Crippen molar-refractivity contribution < 1.29 is 13.7 Å². The van der Waals surface area contributed by atoms with Crippen molar-refractivity contribution in [1.82, 2.24) is 0 Å². The molecule has 0 saturated heterocycles. The Kier molecular flexibility index (Phi) is 5.15. The van der Waals surface area contributed by atoms with Crippen LogP contribution in [-0.2, 0) is 22.1 Å². The molecule has 2 aromatic rings. The van der Waals surface area contributed by atoms with Gasteiger partial charge >= 0.3 is 0 Å². The number of nitrogen functional groups attached to an aromatic ring is 1. The summed E-state index contributed by atoms with van der Waals surface area (Å²) < 4.78 is 22.9. The summed E-state index contributed by atoms with van der Waals surface area (Å²) >= 11 is 0. The molecule has 5 heteroatoms. The van der Waals surface area contributed by atoms with Crippen LogP contribution in [-0.4, -0.2) is 17.3 Å². The third-order valence-corrected chi connectivity index (χ3v) is 3.94. The Labute approximate surface area is 121 Å². The molecule has 2 rings (SSSR count). The Hall–Kier alpha value is -1.85. The Balaban J connectivity index is 1.95. The second-order valence-electron chi connectivity index (χ2n) is 4.21. The normalized spacial score (nSPS) is 12.1. The maximum atomic E-state index is 12.2. The Bertz CT molecular complexity index is 587. The first kappa shape index (κ1) is 14.6. The molecule has 1 unspecified atom stereocenters. The molecule has 0 saturated carbocycles.